The quantitative estimate of drug-likeness (QED) is 0.596. The number of non-ortho nitro benzene ring substituents is 1. The van der Waals surface area contributed by atoms with Gasteiger partial charge >= 0.3 is 5.97 Å². The number of rotatable bonds is 5. The van der Waals surface area contributed by atoms with E-state index in [1.165, 1.54) is 23.5 Å². The van der Waals surface area contributed by atoms with Crippen LogP contribution in [0.2, 0.25) is 0 Å². The van der Waals surface area contributed by atoms with Crippen molar-refractivity contribution in [3.8, 4) is 10.6 Å². The Kier molecular flexibility index (Phi) is 5.22. The van der Waals surface area contributed by atoms with Crippen LogP contribution in [-0.2, 0) is 4.79 Å². The molecule has 27 heavy (non-hydrogen) atoms. The van der Waals surface area contributed by atoms with Crippen LogP contribution in [0.4, 0.5) is 5.69 Å². The third-order valence-corrected chi connectivity index (χ3v) is 5.86. The first-order chi connectivity index (χ1) is 12.8. The van der Waals surface area contributed by atoms with Crippen molar-refractivity contribution < 1.29 is 19.6 Å². The van der Waals surface area contributed by atoms with Crippen molar-refractivity contribution in [1.29, 1.82) is 0 Å². The number of thiazole rings is 1. The minimum atomic E-state index is -0.901. The summed E-state index contributed by atoms with van der Waals surface area (Å²) in [7, 11) is 0. The third-order valence-electron chi connectivity index (χ3n) is 4.97. The summed E-state index contributed by atoms with van der Waals surface area (Å²) in [6, 6.07) is 5.94. The fourth-order valence-corrected chi connectivity index (χ4v) is 4.25. The van der Waals surface area contributed by atoms with Crippen molar-refractivity contribution in [2.75, 3.05) is 0 Å². The standard InChI is InChI=1S/C18H19N3O5S/c1-18(9-3-2-4-13(18)17(23)24)20-15(22)14-10-27-16(19-14)11-5-7-12(8-6-11)21(25)26/h5-8,10,13H,2-4,9H2,1H3,(H,20,22)(H,23,24). The van der Waals surface area contributed by atoms with Crippen molar-refractivity contribution in [3.63, 3.8) is 0 Å². The highest BCUT2D eigenvalue weighted by atomic mass is 32.1. The number of aromatic nitrogens is 1. The molecule has 3 rings (SSSR count). The molecule has 2 aromatic rings. The van der Waals surface area contributed by atoms with Gasteiger partial charge in [0.05, 0.1) is 16.4 Å². The number of hydrogen-bond donors (Lipinski definition) is 2. The maximum absolute atomic E-state index is 12.6. The molecule has 1 fully saturated rings. The zero-order chi connectivity index (χ0) is 19.6. The molecule has 0 radical (unpaired) electrons. The van der Waals surface area contributed by atoms with E-state index in [9.17, 15) is 24.8 Å². The Morgan fingerprint density at radius 2 is 2.04 bits per heavy atom. The Morgan fingerprint density at radius 3 is 2.67 bits per heavy atom. The highest BCUT2D eigenvalue weighted by molar-refractivity contribution is 7.13. The van der Waals surface area contributed by atoms with Gasteiger partial charge in [0.1, 0.15) is 10.7 Å². The number of nitro groups is 1. The zero-order valence-corrected chi connectivity index (χ0v) is 15.5. The molecule has 0 aliphatic heterocycles. The van der Waals surface area contributed by atoms with Crippen LogP contribution < -0.4 is 5.32 Å². The molecule has 0 bridgehead atoms. The summed E-state index contributed by atoms with van der Waals surface area (Å²) >= 11 is 1.26. The first-order valence-electron chi connectivity index (χ1n) is 8.56. The fourth-order valence-electron chi connectivity index (χ4n) is 3.44. The van der Waals surface area contributed by atoms with Gasteiger partial charge in [0.25, 0.3) is 11.6 Å². The zero-order valence-electron chi connectivity index (χ0n) is 14.7. The normalized spacial score (nSPS) is 22.2. The first kappa shape index (κ1) is 19.0. The molecule has 1 aromatic heterocycles. The number of carbonyl (C=O) groups excluding carboxylic acids is 1. The summed E-state index contributed by atoms with van der Waals surface area (Å²) in [5, 5.41) is 25.2. The molecule has 2 atom stereocenters. The lowest BCUT2D eigenvalue weighted by Crippen LogP contribution is -2.55. The number of benzene rings is 1. The van der Waals surface area contributed by atoms with Gasteiger partial charge in [-0.2, -0.15) is 0 Å². The van der Waals surface area contributed by atoms with E-state index in [4.69, 9.17) is 0 Å². The largest absolute Gasteiger partial charge is 0.481 e. The number of amides is 1. The Hall–Kier alpha value is -2.81. The summed E-state index contributed by atoms with van der Waals surface area (Å²) in [4.78, 5) is 38.7. The predicted octanol–water partition coefficient (Wildman–Crippen LogP) is 3.48. The number of nitrogens with zero attached hydrogens (tertiary/aromatic N) is 2. The summed E-state index contributed by atoms with van der Waals surface area (Å²) in [5.41, 5.74) is 0.0672. The van der Waals surface area contributed by atoms with Crippen LogP contribution in [0.3, 0.4) is 0 Å². The SMILES string of the molecule is CC1(NC(=O)c2csc(-c3ccc([N+](=O)[O-])cc3)n2)CCCCC1C(=O)O. The van der Waals surface area contributed by atoms with Crippen LogP contribution in [0.1, 0.15) is 43.1 Å². The van der Waals surface area contributed by atoms with Gasteiger partial charge in [0, 0.05) is 23.1 Å². The average Bonchev–Trinajstić information content (AvgIpc) is 3.12. The van der Waals surface area contributed by atoms with Crippen molar-refractivity contribution in [3.05, 3.63) is 45.5 Å². The van der Waals surface area contributed by atoms with Crippen molar-refractivity contribution in [2.24, 2.45) is 5.92 Å². The Balaban J connectivity index is 1.76. The maximum Gasteiger partial charge on any atom is 0.308 e. The van der Waals surface area contributed by atoms with E-state index in [0.29, 0.717) is 23.4 Å². The molecule has 0 saturated heterocycles. The minimum Gasteiger partial charge on any atom is -0.481 e. The number of nitrogens with one attached hydrogen (secondary N) is 1. The molecule has 1 aliphatic carbocycles. The summed E-state index contributed by atoms with van der Waals surface area (Å²) < 4.78 is 0. The molecule has 0 spiro atoms. The smallest absolute Gasteiger partial charge is 0.308 e. The molecular weight excluding hydrogens is 370 g/mol. The minimum absolute atomic E-state index is 0.0155. The van der Waals surface area contributed by atoms with Gasteiger partial charge in [0.15, 0.2) is 0 Å². The lowest BCUT2D eigenvalue weighted by Gasteiger charge is -2.39. The summed E-state index contributed by atoms with van der Waals surface area (Å²) in [6.45, 7) is 1.77. The van der Waals surface area contributed by atoms with Crippen LogP contribution in [0.25, 0.3) is 10.6 Å². The maximum atomic E-state index is 12.6. The van der Waals surface area contributed by atoms with Gasteiger partial charge in [0.2, 0.25) is 0 Å². The summed E-state index contributed by atoms with van der Waals surface area (Å²) in [5.74, 6) is -1.93. The highest BCUT2D eigenvalue weighted by Gasteiger charge is 2.42. The van der Waals surface area contributed by atoms with Crippen molar-refractivity contribution in [2.45, 2.75) is 38.1 Å². The van der Waals surface area contributed by atoms with Crippen LogP contribution in [0, 0.1) is 16.0 Å². The monoisotopic (exact) mass is 389 g/mol. The van der Waals surface area contributed by atoms with Gasteiger partial charge in [-0.25, -0.2) is 4.98 Å². The van der Waals surface area contributed by atoms with E-state index in [-0.39, 0.29) is 11.4 Å². The number of carboxylic acids is 1. The second-order valence-corrected chi connectivity index (χ2v) is 7.71. The van der Waals surface area contributed by atoms with Crippen LogP contribution in [-0.4, -0.2) is 32.4 Å². The van der Waals surface area contributed by atoms with Crippen LogP contribution >= 0.6 is 11.3 Å². The molecule has 1 saturated carbocycles. The summed E-state index contributed by atoms with van der Waals surface area (Å²) in [6.07, 6.45) is 2.85. The molecule has 1 aliphatic rings. The average molecular weight is 389 g/mol. The molecule has 2 N–H and O–H groups in total. The first-order valence-corrected chi connectivity index (χ1v) is 9.44. The van der Waals surface area contributed by atoms with Crippen LogP contribution in [0.15, 0.2) is 29.6 Å². The fraction of sp³-hybridized carbons (Fsp3) is 0.389. The topological polar surface area (TPSA) is 122 Å². The Morgan fingerprint density at radius 1 is 1.33 bits per heavy atom. The van der Waals surface area contributed by atoms with Gasteiger partial charge in [-0.1, -0.05) is 12.8 Å². The van der Waals surface area contributed by atoms with Crippen LogP contribution in [0.5, 0.6) is 0 Å². The number of aliphatic carboxylic acids is 1. The van der Waals surface area contributed by atoms with Crippen molar-refractivity contribution >= 4 is 28.9 Å². The molecule has 1 amide bonds. The predicted molar refractivity (Wildman–Crippen MR) is 99.7 cm³/mol. The molecule has 2 unspecified atom stereocenters. The Labute approximate surface area is 159 Å². The van der Waals surface area contributed by atoms with Gasteiger partial charge in [-0.05, 0) is 31.9 Å². The second-order valence-electron chi connectivity index (χ2n) is 6.85. The molecule has 1 aromatic carbocycles. The molecule has 142 valence electrons. The van der Waals surface area contributed by atoms with E-state index in [2.05, 4.69) is 10.3 Å². The molecule has 9 heteroatoms. The second kappa shape index (κ2) is 7.43. The highest BCUT2D eigenvalue weighted by Crippen LogP contribution is 2.34. The van der Waals surface area contributed by atoms with E-state index in [1.54, 1.807) is 24.4 Å². The molecular formula is C18H19N3O5S. The number of carboxylic acid groups (broad SMARTS) is 1. The lowest BCUT2D eigenvalue weighted by atomic mass is 9.74. The van der Waals surface area contributed by atoms with Gasteiger partial charge < -0.3 is 10.4 Å². The molecule has 8 nitrogen and oxygen atoms in total. The molecule has 1 heterocycles. The van der Waals surface area contributed by atoms with E-state index in [0.717, 1.165) is 12.8 Å². The van der Waals surface area contributed by atoms with Crippen molar-refractivity contribution in [1.82, 2.24) is 10.3 Å². The number of carbonyl (C=O) groups is 2. The third kappa shape index (κ3) is 3.97. The Bertz CT molecular complexity index is 879. The van der Waals surface area contributed by atoms with E-state index >= 15 is 0 Å². The van der Waals surface area contributed by atoms with E-state index < -0.39 is 28.3 Å². The number of nitro benzene ring substituents is 1. The van der Waals surface area contributed by atoms with Gasteiger partial charge in [-0.3, -0.25) is 19.7 Å². The lowest BCUT2D eigenvalue weighted by molar-refractivity contribution is -0.384. The van der Waals surface area contributed by atoms with Gasteiger partial charge in [-0.15, -0.1) is 11.3 Å². The van der Waals surface area contributed by atoms with E-state index in [1.807, 2.05) is 0 Å². The number of hydrogen-bond acceptors (Lipinski definition) is 6.